The highest BCUT2D eigenvalue weighted by atomic mass is 35.5. The Labute approximate surface area is 199 Å². The molecule has 4 nitrogen and oxygen atoms in total. The van der Waals surface area contributed by atoms with Crippen LogP contribution in [0.15, 0.2) is 53.4 Å². The predicted molar refractivity (Wildman–Crippen MR) is 131 cm³/mol. The molecule has 168 valence electrons. The van der Waals surface area contributed by atoms with Gasteiger partial charge in [-0.2, -0.15) is 0 Å². The fourth-order valence-corrected chi connectivity index (χ4v) is 4.18. The first-order valence-electron chi connectivity index (χ1n) is 10.3. The third-order valence-electron chi connectivity index (χ3n) is 4.55. The molecule has 0 fully saturated rings. The fourth-order valence-electron chi connectivity index (χ4n) is 3.09. The molecule has 2 aromatic carbocycles. The van der Waals surface area contributed by atoms with Gasteiger partial charge in [-0.25, -0.2) is 0 Å². The molecule has 2 amide bonds. The summed E-state index contributed by atoms with van der Waals surface area (Å²) in [6.07, 6.45) is 0.867. The number of amides is 2. The maximum Gasteiger partial charge on any atom is 0.243 e. The molecule has 0 aliphatic carbocycles. The van der Waals surface area contributed by atoms with Crippen molar-refractivity contribution in [2.45, 2.75) is 63.6 Å². The number of hydrogen-bond donors (Lipinski definition) is 1. The zero-order valence-electron chi connectivity index (χ0n) is 18.5. The summed E-state index contributed by atoms with van der Waals surface area (Å²) >= 11 is 13.5. The molecule has 0 saturated heterocycles. The number of halogens is 2. The van der Waals surface area contributed by atoms with Crippen molar-refractivity contribution in [3.63, 3.8) is 0 Å². The van der Waals surface area contributed by atoms with Gasteiger partial charge in [0.15, 0.2) is 0 Å². The van der Waals surface area contributed by atoms with Gasteiger partial charge in [0.25, 0.3) is 0 Å². The van der Waals surface area contributed by atoms with Crippen LogP contribution in [0.1, 0.15) is 46.1 Å². The van der Waals surface area contributed by atoms with Crippen LogP contribution in [0.2, 0.25) is 10.0 Å². The zero-order valence-corrected chi connectivity index (χ0v) is 20.8. The number of thioether (sulfide) groups is 1. The Kier molecular flexibility index (Phi) is 9.73. The van der Waals surface area contributed by atoms with E-state index in [1.165, 1.54) is 0 Å². The Bertz CT molecular complexity index is 865. The number of carbonyl (C=O) groups excluding carboxylic acids is 2. The van der Waals surface area contributed by atoms with Gasteiger partial charge in [0, 0.05) is 39.2 Å². The Balaban J connectivity index is 2.14. The zero-order chi connectivity index (χ0) is 23.0. The van der Waals surface area contributed by atoms with E-state index in [9.17, 15) is 9.59 Å². The van der Waals surface area contributed by atoms with Crippen LogP contribution >= 0.6 is 35.0 Å². The minimum Gasteiger partial charge on any atom is -0.350 e. The molecule has 31 heavy (non-hydrogen) atoms. The fraction of sp³-hybridized carbons (Fsp3) is 0.417. The van der Waals surface area contributed by atoms with Gasteiger partial charge >= 0.3 is 0 Å². The molecule has 1 atom stereocenters. The summed E-state index contributed by atoms with van der Waals surface area (Å²) in [7, 11) is 0. The summed E-state index contributed by atoms with van der Waals surface area (Å²) in [6, 6.07) is 14.4. The molecule has 0 radical (unpaired) electrons. The SMILES string of the molecule is CCC(C(=O)NC(C)(C)C)N(Cc1ccc(Cl)cc1)C(=O)CCSc1ccc(Cl)cc1. The molecule has 0 aliphatic rings. The minimum absolute atomic E-state index is 0.0488. The second-order valence-electron chi connectivity index (χ2n) is 8.36. The van der Waals surface area contributed by atoms with E-state index in [0.29, 0.717) is 35.2 Å². The topological polar surface area (TPSA) is 49.4 Å². The van der Waals surface area contributed by atoms with Crippen molar-refractivity contribution in [1.82, 2.24) is 10.2 Å². The average Bonchev–Trinajstić information content (AvgIpc) is 2.69. The molecule has 0 spiro atoms. The smallest absolute Gasteiger partial charge is 0.243 e. The number of hydrogen-bond acceptors (Lipinski definition) is 3. The Morgan fingerprint density at radius 3 is 2.06 bits per heavy atom. The van der Waals surface area contributed by atoms with Gasteiger partial charge in [-0.15, -0.1) is 11.8 Å². The second-order valence-corrected chi connectivity index (χ2v) is 10.4. The van der Waals surface area contributed by atoms with Crippen molar-refractivity contribution in [1.29, 1.82) is 0 Å². The van der Waals surface area contributed by atoms with Gasteiger partial charge in [-0.05, 0) is 69.2 Å². The third kappa shape index (κ3) is 8.76. The first kappa shape index (κ1) is 25.6. The summed E-state index contributed by atoms with van der Waals surface area (Å²) < 4.78 is 0. The highest BCUT2D eigenvalue weighted by molar-refractivity contribution is 7.99. The lowest BCUT2D eigenvalue weighted by atomic mass is 10.1. The van der Waals surface area contributed by atoms with Crippen LogP contribution in [0.5, 0.6) is 0 Å². The van der Waals surface area contributed by atoms with Crippen molar-refractivity contribution in [3.8, 4) is 0 Å². The van der Waals surface area contributed by atoms with Crippen LogP contribution in [0.25, 0.3) is 0 Å². The number of nitrogens with one attached hydrogen (secondary N) is 1. The lowest BCUT2D eigenvalue weighted by Gasteiger charge is -2.33. The van der Waals surface area contributed by atoms with Crippen LogP contribution in [-0.4, -0.2) is 34.0 Å². The van der Waals surface area contributed by atoms with Crippen LogP contribution in [0.4, 0.5) is 0 Å². The summed E-state index contributed by atoms with van der Waals surface area (Å²) in [5, 5.41) is 4.34. The van der Waals surface area contributed by atoms with E-state index < -0.39 is 6.04 Å². The molecule has 0 bridgehead atoms. The quantitative estimate of drug-likeness (QED) is 0.434. The van der Waals surface area contributed by atoms with Gasteiger partial charge in [-0.1, -0.05) is 42.3 Å². The van der Waals surface area contributed by atoms with Crippen LogP contribution < -0.4 is 5.32 Å². The van der Waals surface area contributed by atoms with E-state index in [1.807, 2.05) is 64.1 Å². The highest BCUT2D eigenvalue weighted by Gasteiger charge is 2.30. The lowest BCUT2D eigenvalue weighted by molar-refractivity contribution is -0.141. The Morgan fingerprint density at radius 2 is 1.55 bits per heavy atom. The van der Waals surface area contributed by atoms with Crippen molar-refractivity contribution in [3.05, 3.63) is 64.1 Å². The van der Waals surface area contributed by atoms with Crippen LogP contribution in [-0.2, 0) is 16.1 Å². The normalized spacial score (nSPS) is 12.3. The Hall–Kier alpha value is -1.69. The standard InChI is InChI=1S/C24H30Cl2N2O2S/c1-5-21(23(30)27-24(2,3)4)28(16-17-6-8-18(25)9-7-17)22(29)14-15-31-20-12-10-19(26)11-13-20/h6-13,21H,5,14-16H2,1-4H3,(H,27,30). The molecule has 1 N–H and O–H groups in total. The minimum atomic E-state index is -0.539. The number of nitrogens with zero attached hydrogens (tertiary/aromatic N) is 1. The molecule has 1 unspecified atom stereocenters. The first-order chi connectivity index (χ1) is 14.6. The monoisotopic (exact) mass is 480 g/mol. The summed E-state index contributed by atoms with van der Waals surface area (Å²) in [5.74, 6) is 0.435. The molecule has 7 heteroatoms. The largest absolute Gasteiger partial charge is 0.350 e. The first-order valence-corrected chi connectivity index (χ1v) is 12.1. The van der Waals surface area contributed by atoms with E-state index >= 15 is 0 Å². The number of carbonyl (C=O) groups is 2. The average molecular weight is 481 g/mol. The lowest BCUT2D eigenvalue weighted by Crippen LogP contribution is -2.53. The van der Waals surface area contributed by atoms with Gasteiger partial charge in [-0.3, -0.25) is 9.59 Å². The van der Waals surface area contributed by atoms with Crippen molar-refractivity contribution >= 4 is 46.8 Å². The molecule has 0 aromatic heterocycles. The third-order valence-corrected chi connectivity index (χ3v) is 6.07. The summed E-state index contributed by atoms with van der Waals surface area (Å²) in [4.78, 5) is 28.9. The molecule has 2 rings (SSSR count). The van der Waals surface area contributed by atoms with Crippen molar-refractivity contribution in [2.24, 2.45) is 0 Å². The molecule has 0 saturated carbocycles. The van der Waals surface area contributed by atoms with Crippen molar-refractivity contribution in [2.75, 3.05) is 5.75 Å². The van der Waals surface area contributed by atoms with E-state index in [-0.39, 0.29) is 17.4 Å². The summed E-state index contributed by atoms with van der Waals surface area (Å²) in [5.41, 5.74) is 0.564. The number of rotatable bonds is 9. The molecular weight excluding hydrogens is 451 g/mol. The highest BCUT2D eigenvalue weighted by Crippen LogP contribution is 2.22. The van der Waals surface area contributed by atoms with E-state index in [4.69, 9.17) is 23.2 Å². The number of benzene rings is 2. The van der Waals surface area contributed by atoms with Gasteiger partial charge in [0.05, 0.1) is 0 Å². The molecule has 2 aromatic rings. The maximum absolute atomic E-state index is 13.2. The van der Waals surface area contributed by atoms with Crippen molar-refractivity contribution < 1.29 is 9.59 Å². The molecular formula is C24H30Cl2N2O2S. The maximum atomic E-state index is 13.2. The predicted octanol–water partition coefficient (Wildman–Crippen LogP) is 6.20. The van der Waals surface area contributed by atoms with E-state index in [1.54, 1.807) is 28.8 Å². The Morgan fingerprint density at radius 1 is 1.00 bits per heavy atom. The van der Waals surface area contributed by atoms with Crippen LogP contribution in [0.3, 0.4) is 0 Å². The van der Waals surface area contributed by atoms with E-state index in [0.717, 1.165) is 10.5 Å². The van der Waals surface area contributed by atoms with E-state index in [2.05, 4.69) is 5.32 Å². The molecule has 0 aliphatic heterocycles. The van der Waals surface area contributed by atoms with Gasteiger partial charge < -0.3 is 10.2 Å². The second kappa shape index (κ2) is 11.8. The molecule has 0 heterocycles. The van der Waals surface area contributed by atoms with Gasteiger partial charge in [0.2, 0.25) is 11.8 Å². The summed E-state index contributed by atoms with van der Waals surface area (Å²) in [6.45, 7) is 8.10. The van der Waals surface area contributed by atoms with Crippen LogP contribution in [0, 0.1) is 0 Å². The van der Waals surface area contributed by atoms with Gasteiger partial charge in [0.1, 0.15) is 6.04 Å².